The summed E-state index contributed by atoms with van der Waals surface area (Å²) in [5.41, 5.74) is 2.00. The van der Waals surface area contributed by atoms with E-state index in [2.05, 4.69) is 15.0 Å². The summed E-state index contributed by atoms with van der Waals surface area (Å²) < 4.78 is 45.9. The van der Waals surface area contributed by atoms with Gasteiger partial charge in [0.25, 0.3) is 0 Å². The van der Waals surface area contributed by atoms with Crippen LogP contribution in [0.15, 0.2) is 47.3 Å². The van der Waals surface area contributed by atoms with Crippen LogP contribution >= 0.6 is 0 Å². The van der Waals surface area contributed by atoms with Crippen molar-refractivity contribution in [2.45, 2.75) is 19.5 Å². The minimum absolute atomic E-state index is 0.171. The highest BCUT2D eigenvalue weighted by Gasteiger charge is 2.54. The molecule has 2 aliphatic rings. The number of rotatable bonds is 7. The van der Waals surface area contributed by atoms with Crippen molar-refractivity contribution >= 4 is 0 Å². The van der Waals surface area contributed by atoms with Crippen LogP contribution in [0.4, 0.5) is 13.2 Å². The molecule has 2 heterocycles. The van der Waals surface area contributed by atoms with Gasteiger partial charge in [0.2, 0.25) is 0 Å². The SMILES string of the molecule is FC(F)(F)Oc1cccc(CNCC2C3CN(Cc4ccoc4)CC23)c1. The van der Waals surface area contributed by atoms with E-state index in [0.29, 0.717) is 12.5 Å². The van der Waals surface area contributed by atoms with E-state index in [0.717, 1.165) is 43.6 Å². The summed E-state index contributed by atoms with van der Waals surface area (Å²) in [6, 6.07) is 8.13. The molecule has 0 spiro atoms. The smallest absolute Gasteiger partial charge is 0.472 e. The molecule has 2 aromatic rings. The van der Waals surface area contributed by atoms with Gasteiger partial charge in [-0.2, -0.15) is 0 Å². The number of halogens is 3. The molecule has 1 aliphatic carbocycles. The maximum absolute atomic E-state index is 12.3. The van der Waals surface area contributed by atoms with Gasteiger partial charge in [0.05, 0.1) is 12.5 Å². The Morgan fingerprint density at radius 3 is 2.65 bits per heavy atom. The lowest BCUT2D eigenvalue weighted by molar-refractivity contribution is -0.274. The third-order valence-electron chi connectivity index (χ3n) is 5.27. The van der Waals surface area contributed by atoms with E-state index in [4.69, 9.17) is 4.42 Å². The largest absolute Gasteiger partial charge is 0.573 e. The number of likely N-dealkylation sites (tertiary alicyclic amines) is 1. The molecule has 2 unspecified atom stereocenters. The van der Waals surface area contributed by atoms with E-state index < -0.39 is 6.36 Å². The maximum Gasteiger partial charge on any atom is 0.573 e. The number of ether oxygens (including phenoxy) is 1. The summed E-state index contributed by atoms with van der Waals surface area (Å²) in [6.07, 6.45) is -1.16. The molecule has 0 radical (unpaired) electrons. The normalized spacial score (nSPS) is 25.3. The van der Waals surface area contributed by atoms with E-state index in [1.807, 2.05) is 6.07 Å². The number of benzene rings is 1. The highest BCUT2D eigenvalue weighted by Crippen LogP contribution is 2.51. The first-order chi connectivity index (χ1) is 12.5. The van der Waals surface area contributed by atoms with Crippen LogP contribution in [0.5, 0.6) is 5.75 Å². The molecule has 0 amide bonds. The monoisotopic (exact) mass is 366 g/mol. The zero-order chi connectivity index (χ0) is 18.1. The standard InChI is InChI=1S/C19H21F3N2O2/c20-19(21,22)26-15-3-1-2-13(6-15)7-23-8-16-17-10-24(11-18(16)17)9-14-4-5-25-12-14/h1-6,12,16-18,23H,7-11H2. The second-order valence-corrected chi connectivity index (χ2v) is 7.14. The Hall–Kier alpha value is -1.99. The molecule has 1 aromatic heterocycles. The van der Waals surface area contributed by atoms with E-state index in [1.54, 1.807) is 24.7 Å². The zero-order valence-corrected chi connectivity index (χ0v) is 14.2. The lowest BCUT2D eigenvalue weighted by Gasteiger charge is -2.18. The molecule has 4 nitrogen and oxygen atoms in total. The van der Waals surface area contributed by atoms with Crippen molar-refractivity contribution in [2.24, 2.45) is 17.8 Å². The van der Waals surface area contributed by atoms with Crippen LogP contribution in [-0.2, 0) is 13.1 Å². The van der Waals surface area contributed by atoms with Crippen LogP contribution in [0, 0.1) is 17.8 Å². The van der Waals surface area contributed by atoms with E-state index >= 15 is 0 Å². The fraction of sp³-hybridized carbons (Fsp3) is 0.474. The minimum Gasteiger partial charge on any atom is -0.472 e. The molecule has 26 heavy (non-hydrogen) atoms. The number of alkyl halides is 3. The van der Waals surface area contributed by atoms with E-state index in [9.17, 15) is 13.2 Å². The molecule has 1 saturated carbocycles. The summed E-state index contributed by atoms with van der Waals surface area (Å²) >= 11 is 0. The second kappa shape index (κ2) is 6.96. The Kier molecular flexibility index (Phi) is 4.67. The molecule has 1 aromatic carbocycles. The first-order valence-electron chi connectivity index (χ1n) is 8.77. The lowest BCUT2D eigenvalue weighted by Crippen LogP contribution is -2.27. The average Bonchev–Trinajstić information content (AvgIpc) is 2.97. The van der Waals surface area contributed by atoms with Crippen LogP contribution in [0.2, 0.25) is 0 Å². The van der Waals surface area contributed by atoms with Gasteiger partial charge in [0.1, 0.15) is 5.75 Å². The topological polar surface area (TPSA) is 37.6 Å². The minimum atomic E-state index is -4.65. The van der Waals surface area contributed by atoms with Crippen molar-refractivity contribution in [3.8, 4) is 5.75 Å². The Bertz CT molecular complexity index is 721. The van der Waals surface area contributed by atoms with Gasteiger partial charge in [-0.25, -0.2) is 0 Å². The third kappa shape index (κ3) is 4.22. The molecular formula is C19H21F3N2O2. The first kappa shape index (κ1) is 17.4. The molecule has 0 bridgehead atoms. The summed E-state index contributed by atoms with van der Waals surface area (Å²) in [5.74, 6) is 1.96. The van der Waals surface area contributed by atoms with Gasteiger partial charge in [-0.3, -0.25) is 4.90 Å². The summed E-state index contributed by atoms with van der Waals surface area (Å²) in [6.45, 7) is 4.60. The van der Waals surface area contributed by atoms with Crippen molar-refractivity contribution in [1.82, 2.24) is 10.2 Å². The number of fused-ring (bicyclic) bond motifs is 1. The number of piperidine rings is 1. The fourth-order valence-electron chi connectivity index (χ4n) is 4.05. The van der Waals surface area contributed by atoms with E-state index in [-0.39, 0.29) is 5.75 Å². The summed E-state index contributed by atoms with van der Waals surface area (Å²) in [7, 11) is 0. The van der Waals surface area contributed by atoms with E-state index in [1.165, 1.54) is 17.7 Å². The van der Waals surface area contributed by atoms with Gasteiger partial charge < -0.3 is 14.5 Å². The predicted octanol–water partition coefficient (Wildman–Crippen LogP) is 3.65. The number of nitrogens with zero attached hydrogens (tertiary/aromatic N) is 1. The highest BCUT2D eigenvalue weighted by atomic mass is 19.4. The van der Waals surface area contributed by atoms with Crippen molar-refractivity contribution in [3.63, 3.8) is 0 Å². The maximum atomic E-state index is 12.3. The Morgan fingerprint density at radius 2 is 1.96 bits per heavy atom. The number of hydrogen-bond acceptors (Lipinski definition) is 4. The summed E-state index contributed by atoms with van der Waals surface area (Å²) in [5, 5.41) is 3.37. The van der Waals surface area contributed by atoms with Crippen molar-refractivity contribution < 1.29 is 22.3 Å². The predicted molar refractivity (Wildman–Crippen MR) is 89.3 cm³/mol. The van der Waals surface area contributed by atoms with Gasteiger partial charge in [0.15, 0.2) is 0 Å². The van der Waals surface area contributed by atoms with Gasteiger partial charge in [0, 0.05) is 31.7 Å². The molecule has 1 N–H and O–H groups in total. The fourth-order valence-corrected chi connectivity index (χ4v) is 4.05. The van der Waals surface area contributed by atoms with Gasteiger partial charge in [-0.05, 0) is 48.1 Å². The second-order valence-electron chi connectivity index (χ2n) is 7.14. The van der Waals surface area contributed by atoms with Gasteiger partial charge in [-0.15, -0.1) is 13.2 Å². The van der Waals surface area contributed by atoms with Crippen LogP contribution in [-0.4, -0.2) is 30.9 Å². The van der Waals surface area contributed by atoms with Crippen molar-refractivity contribution in [2.75, 3.05) is 19.6 Å². The lowest BCUT2D eigenvalue weighted by atomic mass is 10.2. The van der Waals surface area contributed by atoms with Crippen LogP contribution in [0.25, 0.3) is 0 Å². The molecule has 4 rings (SSSR count). The third-order valence-corrected chi connectivity index (χ3v) is 5.27. The zero-order valence-electron chi connectivity index (χ0n) is 14.2. The first-order valence-corrected chi connectivity index (χ1v) is 8.77. The highest BCUT2D eigenvalue weighted by molar-refractivity contribution is 5.28. The Morgan fingerprint density at radius 1 is 1.15 bits per heavy atom. The quantitative estimate of drug-likeness (QED) is 0.812. The van der Waals surface area contributed by atoms with Gasteiger partial charge >= 0.3 is 6.36 Å². The average molecular weight is 366 g/mol. The number of nitrogens with one attached hydrogen (secondary N) is 1. The molecule has 140 valence electrons. The molecule has 1 aliphatic heterocycles. The van der Waals surface area contributed by atoms with Crippen molar-refractivity contribution in [3.05, 3.63) is 54.0 Å². The molecule has 2 fully saturated rings. The van der Waals surface area contributed by atoms with Crippen molar-refractivity contribution in [1.29, 1.82) is 0 Å². The van der Waals surface area contributed by atoms with Crippen LogP contribution in [0.3, 0.4) is 0 Å². The molecule has 2 atom stereocenters. The molecular weight excluding hydrogens is 345 g/mol. The number of furan rings is 1. The van der Waals surface area contributed by atoms with Gasteiger partial charge in [-0.1, -0.05) is 12.1 Å². The Labute approximate surface area is 149 Å². The van der Waals surface area contributed by atoms with Crippen LogP contribution < -0.4 is 10.1 Å². The Balaban J connectivity index is 1.19. The number of hydrogen-bond donors (Lipinski definition) is 1. The molecule has 1 saturated heterocycles. The molecule has 7 heteroatoms. The summed E-state index contributed by atoms with van der Waals surface area (Å²) in [4.78, 5) is 2.45. The van der Waals surface area contributed by atoms with Crippen LogP contribution in [0.1, 0.15) is 11.1 Å².